The number of nitrogens with zero attached hydrogens (tertiary/aromatic N) is 7. The van der Waals surface area contributed by atoms with Crippen molar-refractivity contribution < 1.29 is 13.2 Å². The zero-order valence-electron chi connectivity index (χ0n) is 26.3. The number of ether oxygens (including phenoxy) is 1. The monoisotopic (exact) mass is 695 g/mol. The van der Waals surface area contributed by atoms with Gasteiger partial charge in [-0.3, -0.25) is 19.2 Å². The summed E-state index contributed by atoms with van der Waals surface area (Å²) in [6.45, 7) is 11.1. The van der Waals surface area contributed by atoms with Crippen molar-refractivity contribution in [2.24, 2.45) is 5.41 Å². The predicted octanol–water partition coefficient (Wildman–Crippen LogP) is 5.17. The summed E-state index contributed by atoms with van der Waals surface area (Å²) in [5, 5.41) is 6.62. The molecule has 2 fully saturated rings. The molecule has 4 heterocycles. The van der Waals surface area contributed by atoms with Crippen LogP contribution in [0.15, 0.2) is 47.3 Å². The minimum absolute atomic E-state index is 0.346. The fraction of sp³-hybridized carbons (Fsp3) is 0.419. The molecular weight excluding hydrogens is 658 g/mol. The second-order valence-electron chi connectivity index (χ2n) is 12.1. The van der Waals surface area contributed by atoms with Gasteiger partial charge in [-0.05, 0) is 60.0 Å². The van der Waals surface area contributed by atoms with Gasteiger partial charge in [0.25, 0.3) is 0 Å². The quantitative estimate of drug-likeness (QED) is 0.228. The zero-order chi connectivity index (χ0) is 32.1. The lowest BCUT2D eigenvalue weighted by Gasteiger charge is -2.62. The second kappa shape index (κ2) is 11.9. The van der Waals surface area contributed by atoms with Gasteiger partial charge in [-0.15, -0.1) is 0 Å². The van der Waals surface area contributed by atoms with E-state index in [-0.39, 0.29) is 0 Å². The summed E-state index contributed by atoms with van der Waals surface area (Å²) in [7, 11) is -0.454. The lowest BCUT2D eigenvalue weighted by atomic mass is 9.72. The summed E-state index contributed by atoms with van der Waals surface area (Å²) >= 11 is 3.54. The highest BCUT2D eigenvalue weighted by Crippen LogP contribution is 2.46. The number of nitrogens with one attached hydrogen (secondary N) is 2. The number of rotatable bonds is 10. The molecule has 2 aromatic carbocycles. The SMILES string of the molecule is CCc1cc(Nc2ncc(Br)c(Nc3ccc4nccnc4c3N(C)S(C)(=O)=O)n2)c(OC)cc1N1CC2(C1)CN(C(C)C)C2. The van der Waals surface area contributed by atoms with E-state index in [1.807, 2.05) is 0 Å². The van der Waals surface area contributed by atoms with Crippen LogP contribution in [0, 0.1) is 5.41 Å². The van der Waals surface area contributed by atoms with Gasteiger partial charge in [0, 0.05) is 75.0 Å². The van der Waals surface area contributed by atoms with Crippen molar-refractivity contribution in [3.05, 3.63) is 52.9 Å². The van der Waals surface area contributed by atoms with Gasteiger partial charge in [-0.25, -0.2) is 13.4 Å². The third-order valence-electron chi connectivity index (χ3n) is 8.65. The number of aryl methyl sites for hydroxylation is 1. The maximum atomic E-state index is 12.6. The molecule has 0 saturated carbocycles. The fourth-order valence-corrected chi connectivity index (χ4v) is 6.95. The van der Waals surface area contributed by atoms with E-state index in [9.17, 15) is 8.42 Å². The van der Waals surface area contributed by atoms with Crippen molar-refractivity contribution in [2.75, 3.05) is 66.4 Å². The molecule has 12 nitrogen and oxygen atoms in total. The topological polar surface area (TPSA) is 129 Å². The van der Waals surface area contributed by atoms with E-state index in [0.29, 0.717) is 55.9 Å². The first-order chi connectivity index (χ1) is 21.4. The Balaban J connectivity index is 1.27. The van der Waals surface area contributed by atoms with Crippen molar-refractivity contribution in [3.63, 3.8) is 0 Å². The highest BCUT2D eigenvalue weighted by Gasteiger charge is 2.52. The summed E-state index contributed by atoms with van der Waals surface area (Å²) in [5.41, 5.74) is 5.45. The number of anilines is 6. The molecule has 0 bridgehead atoms. The Kier molecular flexibility index (Phi) is 8.25. The van der Waals surface area contributed by atoms with Crippen molar-refractivity contribution in [2.45, 2.75) is 33.2 Å². The lowest BCUT2D eigenvalue weighted by molar-refractivity contribution is -0.0412. The molecule has 14 heteroatoms. The van der Waals surface area contributed by atoms with Gasteiger partial charge in [0.05, 0.1) is 34.7 Å². The van der Waals surface area contributed by atoms with Crippen LogP contribution in [0.25, 0.3) is 11.0 Å². The van der Waals surface area contributed by atoms with Crippen LogP contribution in [-0.2, 0) is 16.4 Å². The molecule has 2 aromatic heterocycles. The van der Waals surface area contributed by atoms with Gasteiger partial charge in [-0.1, -0.05) is 6.92 Å². The number of fused-ring (bicyclic) bond motifs is 1. The number of benzene rings is 2. The number of aromatic nitrogens is 4. The molecule has 6 rings (SSSR count). The summed E-state index contributed by atoms with van der Waals surface area (Å²) in [4.78, 5) is 23.0. The fourth-order valence-electron chi connectivity index (χ4n) is 6.14. The average molecular weight is 697 g/mol. The number of halogens is 1. The van der Waals surface area contributed by atoms with Gasteiger partial charge in [0.2, 0.25) is 16.0 Å². The molecular formula is C31H38BrN9O3S. The highest BCUT2D eigenvalue weighted by atomic mass is 79.9. The van der Waals surface area contributed by atoms with E-state index in [2.05, 4.69) is 84.2 Å². The Morgan fingerprint density at radius 1 is 1.07 bits per heavy atom. The van der Waals surface area contributed by atoms with Gasteiger partial charge in [-0.2, -0.15) is 4.98 Å². The smallest absolute Gasteiger partial charge is 0.232 e. The molecule has 2 aliphatic heterocycles. The standard InChI is InChI=1S/C31H38BrN9O3S/c1-7-20-12-24(26(44-5)13-25(20)41-17-31(18-41)15-40(16-31)19(2)3)37-30-35-14-21(32)29(38-30)36-23-9-8-22-27(34-11-10-33-22)28(23)39(4)45(6,42)43/h8-14,19H,7,15-18H2,1-6H3,(H2,35,36,37,38). The van der Waals surface area contributed by atoms with Gasteiger partial charge in [0.15, 0.2) is 0 Å². The zero-order valence-corrected chi connectivity index (χ0v) is 28.7. The van der Waals surface area contributed by atoms with Gasteiger partial charge < -0.3 is 20.3 Å². The number of likely N-dealkylation sites (tertiary alicyclic amines) is 1. The maximum absolute atomic E-state index is 12.6. The van der Waals surface area contributed by atoms with Crippen LogP contribution in [0.3, 0.4) is 0 Å². The molecule has 2 N–H and O–H groups in total. The van der Waals surface area contributed by atoms with E-state index in [4.69, 9.17) is 9.72 Å². The summed E-state index contributed by atoms with van der Waals surface area (Å²) in [5.74, 6) is 1.48. The Hall–Kier alpha value is -3.75. The third kappa shape index (κ3) is 5.98. The molecule has 238 valence electrons. The predicted molar refractivity (Wildman–Crippen MR) is 183 cm³/mol. The number of sulfonamides is 1. The molecule has 45 heavy (non-hydrogen) atoms. The average Bonchev–Trinajstić information content (AvgIpc) is 2.96. The molecule has 1 spiro atoms. The van der Waals surface area contributed by atoms with Crippen LogP contribution < -0.4 is 24.6 Å². The maximum Gasteiger partial charge on any atom is 0.232 e. The van der Waals surface area contributed by atoms with Gasteiger partial charge in [0.1, 0.15) is 22.8 Å². The van der Waals surface area contributed by atoms with Crippen LogP contribution in [0.1, 0.15) is 26.3 Å². The van der Waals surface area contributed by atoms with Crippen LogP contribution in [0.4, 0.5) is 34.5 Å². The molecule has 0 amide bonds. The van der Waals surface area contributed by atoms with Crippen molar-refractivity contribution in [1.29, 1.82) is 0 Å². The molecule has 2 saturated heterocycles. The number of hydrogen-bond donors (Lipinski definition) is 2. The summed E-state index contributed by atoms with van der Waals surface area (Å²) in [6, 6.07) is 8.35. The minimum atomic E-state index is -3.60. The first kappa shape index (κ1) is 31.2. The van der Waals surface area contributed by atoms with E-state index >= 15 is 0 Å². The molecule has 2 aliphatic rings. The van der Waals surface area contributed by atoms with E-state index in [0.717, 1.165) is 44.5 Å². The van der Waals surface area contributed by atoms with Crippen LogP contribution >= 0.6 is 15.9 Å². The van der Waals surface area contributed by atoms with E-state index in [1.54, 1.807) is 31.6 Å². The van der Waals surface area contributed by atoms with Crippen LogP contribution in [0.5, 0.6) is 5.75 Å². The van der Waals surface area contributed by atoms with Crippen molar-refractivity contribution in [1.82, 2.24) is 24.8 Å². The van der Waals surface area contributed by atoms with Crippen molar-refractivity contribution in [3.8, 4) is 5.75 Å². The van der Waals surface area contributed by atoms with Crippen molar-refractivity contribution >= 4 is 71.5 Å². The lowest BCUT2D eigenvalue weighted by Crippen LogP contribution is -2.73. The van der Waals surface area contributed by atoms with Crippen LogP contribution in [0.2, 0.25) is 0 Å². The Bertz CT molecular complexity index is 1860. The van der Waals surface area contributed by atoms with E-state index in [1.165, 1.54) is 28.8 Å². The number of hydrogen-bond acceptors (Lipinski definition) is 11. The van der Waals surface area contributed by atoms with Gasteiger partial charge >= 0.3 is 0 Å². The molecule has 4 aromatic rings. The van der Waals surface area contributed by atoms with E-state index < -0.39 is 10.0 Å². The molecule has 0 radical (unpaired) electrons. The Labute approximate surface area is 272 Å². The largest absolute Gasteiger partial charge is 0.494 e. The van der Waals surface area contributed by atoms with Crippen LogP contribution in [-0.4, -0.2) is 85.9 Å². The summed E-state index contributed by atoms with van der Waals surface area (Å²) in [6.07, 6.45) is 6.75. The molecule has 0 aliphatic carbocycles. The Morgan fingerprint density at radius 3 is 2.47 bits per heavy atom. The third-order valence-corrected chi connectivity index (χ3v) is 10.4. The molecule has 0 unspecified atom stereocenters. The Morgan fingerprint density at radius 2 is 1.80 bits per heavy atom. The first-order valence-electron chi connectivity index (χ1n) is 14.9. The highest BCUT2D eigenvalue weighted by molar-refractivity contribution is 9.10. The first-order valence-corrected chi connectivity index (χ1v) is 17.5. The summed E-state index contributed by atoms with van der Waals surface area (Å²) < 4.78 is 32.8. The second-order valence-corrected chi connectivity index (χ2v) is 15.0. The molecule has 0 atom stereocenters. The minimum Gasteiger partial charge on any atom is -0.494 e. The normalized spacial score (nSPS) is 16.0. The number of methoxy groups -OCH3 is 1.